The molecule has 0 saturated carbocycles. The van der Waals surface area contributed by atoms with Crippen LogP contribution in [0.5, 0.6) is 0 Å². The van der Waals surface area contributed by atoms with Crippen LogP contribution in [0.4, 0.5) is 0 Å². The van der Waals surface area contributed by atoms with E-state index in [0.29, 0.717) is 0 Å². The van der Waals surface area contributed by atoms with Crippen LogP contribution in [0.25, 0.3) is 10.9 Å². The van der Waals surface area contributed by atoms with Gasteiger partial charge in [0.25, 0.3) is 0 Å². The molecule has 4 unspecified atom stereocenters. The maximum atomic E-state index is 12.5. The third kappa shape index (κ3) is 7.30. The first kappa shape index (κ1) is 26.3. The average molecular weight is 475 g/mol. The van der Waals surface area contributed by atoms with Gasteiger partial charge in [-0.25, -0.2) is 4.79 Å². The number of aliphatic carboxylic acids is 1. The summed E-state index contributed by atoms with van der Waals surface area (Å²) in [5.41, 5.74) is 12.3. The van der Waals surface area contributed by atoms with Crippen molar-refractivity contribution < 1.29 is 29.1 Å². The van der Waals surface area contributed by atoms with Crippen molar-refractivity contribution in [2.45, 2.75) is 57.3 Å². The fourth-order valence-electron chi connectivity index (χ4n) is 3.24. The molecule has 0 aliphatic carbocycles. The summed E-state index contributed by atoms with van der Waals surface area (Å²) < 4.78 is 0. The quantitative estimate of drug-likeness (QED) is 0.201. The Morgan fingerprint density at radius 2 is 1.56 bits per heavy atom. The van der Waals surface area contributed by atoms with Gasteiger partial charge < -0.3 is 37.5 Å². The zero-order valence-electron chi connectivity index (χ0n) is 19.0. The molecule has 4 amide bonds. The monoisotopic (exact) mass is 474 g/mol. The number of nitrogens with one attached hydrogen (secondary N) is 4. The standard InChI is InChI=1S/C22H30N6O6/c1-11(27-21(32)15(23)7-8-18(24)29)19(30)26-12(2)20(31)28-17(22(33)34)9-13-10-25-16-6-4-3-5-14(13)16/h3-6,10-12,15,17,25H,7-9,23H2,1-2H3,(H2,24,29)(H,26,30)(H,27,32)(H,28,31)(H,33,34). The summed E-state index contributed by atoms with van der Waals surface area (Å²) in [6, 6.07) is 3.05. The topological polar surface area (TPSA) is 209 Å². The number of carboxylic acids is 1. The molecule has 2 rings (SSSR count). The second kappa shape index (κ2) is 11.8. The Bertz CT molecular complexity index is 1070. The van der Waals surface area contributed by atoms with Crippen LogP contribution < -0.4 is 27.4 Å². The normalized spacial score (nSPS) is 14.4. The number of primary amides is 1. The van der Waals surface area contributed by atoms with Gasteiger partial charge in [0.05, 0.1) is 6.04 Å². The van der Waals surface area contributed by atoms with Crippen molar-refractivity contribution in [3.8, 4) is 0 Å². The van der Waals surface area contributed by atoms with Crippen molar-refractivity contribution in [3.05, 3.63) is 36.0 Å². The van der Waals surface area contributed by atoms with Crippen LogP contribution in [0, 0.1) is 0 Å². The number of benzene rings is 1. The minimum atomic E-state index is -1.22. The van der Waals surface area contributed by atoms with Crippen LogP contribution in [-0.4, -0.2) is 63.9 Å². The lowest BCUT2D eigenvalue weighted by Crippen LogP contribution is -2.55. The number of aromatic nitrogens is 1. The van der Waals surface area contributed by atoms with Crippen molar-refractivity contribution in [3.63, 3.8) is 0 Å². The first-order valence-electron chi connectivity index (χ1n) is 10.7. The number of carboxylic acid groups (broad SMARTS) is 1. The summed E-state index contributed by atoms with van der Waals surface area (Å²) in [7, 11) is 0. The highest BCUT2D eigenvalue weighted by Gasteiger charge is 2.27. The highest BCUT2D eigenvalue weighted by atomic mass is 16.4. The van der Waals surface area contributed by atoms with E-state index in [4.69, 9.17) is 11.5 Å². The van der Waals surface area contributed by atoms with Crippen molar-refractivity contribution in [1.82, 2.24) is 20.9 Å². The molecule has 0 bridgehead atoms. The highest BCUT2D eigenvalue weighted by Crippen LogP contribution is 2.19. The van der Waals surface area contributed by atoms with Crippen LogP contribution in [0.2, 0.25) is 0 Å². The van der Waals surface area contributed by atoms with Crippen LogP contribution in [0.15, 0.2) is 30.5 Å². The van der Waals surface area contributed by atoms with E-state index in [1.54, 1.807) is 6.20 Å². The van der Waals surface area contributed by atoms with Crippen LogP contribution in [0.3, 0.4) is 0 Å². The molecule has 9 N–H and O–H groups in total. The molecule has 12 heteroatoms. The van der Waals surface area contributed by atoms with Gasteiger partial charge in [0, 0.05) is 29.9 Å². The molecule has 1 aromatic carbocycles. The van der Waals surface area contributed by atoms with Gasteiger partial charge in [-0.15, -0.1) is 0 Å². The predicted molar refractivity (Wildman–Crippen MR) is 123 cm³/mol. The number of fused-ring (bicyclic) bond motifs is 1. The Balaban J connectivity index is 1.91. The molecule has 0 spiro atoms. The molecule has 0 aliphatic heterocycles. The summed E-state index contributed by atoms with van der Waals surface area (Å²) in [6.45, 7) is 2.79. The maximum Gasteiger partial charge on any atom is 0.326 e. The maximum absolute atomic E-state index is 12.5. The number of amides is 4. The number of nitrogens with two attached hydrogens (primary N) is 2. The molecule has 0 aliphatic rings. The fraction of sp³-hybridized carbons (Fsp3) is 0.409. The second-order valence-corrected chi connectivity index (χ2v) is 8.04. The van der Waals surface area contributed by atoms with E-state index in [1.807, 2.05) is 24.3 Å². The van der Waals surface area contributed by atoms with E-state index >= 15 is 0 Å². The predicted octanol–water partition coefficient (Wildman–Crippen LogP) is -1.12. The largest absolute Gasteiger partial charge is 0.480 e. The minimum absolute atomic E-state index is 0.0291. The van der Waals surface area contributed by atoms with E-state index in [2.05, 4.69) is 20.9 Å². The molecular formula is C22H30N6O6. The molecule has 4 atom stereocenters. The number of hydrogen-bond donors (Lipinski definition) is 7. The zero-order chi connectivity index (χ0) is 25.4. The molecule has 0 radical (unpaired) electrons. The van der Waals surface area contributed by atoms with Gasteiger partial charge in [0.2, 0.25) is 23.6 Å². The Morgan fingerprint density at radius 1 is 0.971 bits per heavy atom. The third-order valence-electron chi connectivity index (χ3n) is 5.26. The van der Waals surface area contributed by atoms with Gasteiger partial charge >= 0.3 is 5.97 Å². The summed E-state index contributed by atoms with van der Waals surface area (Å²) in [4.78, 5) is 62.5. The first-order chi connectivity index (χ1) is 16.0. The van der Waals surface area contributed by atoms with Gasteiger partial charge in [-0.3, -0.25) is 19.2 Å². The van der Waals surface area contributed by atoms with Crippen LogP contribution >= 0.6 is 0 Å². The molecule has 2 aromatic rings. The molecular weight excluding hydrogens is 444 g/mol. The Morgan fingerprint density at radius 3 is 2.18 bits per heavy atom. The summed E-state index contributed by atoms with van der Waals surface area (Å²) in [5.74, 6) is -3.83. The number of carbonyl (C=O) groups excluding carboxylic acids is 4. The Hall–Kier alpha value is -3.93. The minimum Gasteiger partial charge on any atom is -0.480 e. The Labute approximate surface area is 195 Å². The molecule has 12 nitrogen and oxygen atoms in total. The van der Waals surface area contributed by atoms with Gasteiger partial charge in [0.1, 0.15) is 18.1 Å². The first-order valence-corrected chi connectivity index (χ1v) is 10.7. The molecule has 0 saturated heterocycles. The van der Waals surface area contributed by atoms with E-state index in [-0.39, 0.29) is 19.3 Å². The fourth-order valence-corrected chi connectivity index (χ4v) is 3.24. The van der Waals surface area contributed by atoms with Crippen LogP contribution in [-0.2, 0) is 30.4 Å². The molecule has 1 heterocycles. The lowest BCUT2D eigenvalue weighted by atomic mass is 10.0. The van der Waals surface area contributed by atoms with E-state index < -0.39 is 53.8 Å². The number of hydrogen-bond acceptors (Lipinski definition) is 6. The van der Waals surface area contributed by atoms with Gasteiger partial charge in [-0.2, -0.15) is 0 Å². The summed E-state index contributed by atoms with van der Waals surface area (Å²) in [6.07, 6.45) is 1.69. The van der Waals surface area contributed by atoms with Crippen molar-refractivity contribution >= 4 is 40.5 Å². The third-order valence-corrected chi connectivity index (χ3v) is 5.26. The molecule has 1 aromatic heterocycles. The van der Waals surface area contributed by atoms with Gasteiger partial charge in [0.15, 0.2) is 0 Å². The molecule has 34 heavy (non-hydrogen) atoms. The van der Waals surface area contributed by atoms with Crippen LogP contribution in [0.1, 0.15) is 32.3 Å². The van der Waals surface area contributed by atoms with Gasteiger partial charge in [-0.05, 0) is 31.9 Å². The zero-order valence-corrected chi connectivity index (χ0v) is 19.0. The highest BCUT2D eigenvalue weighted by molar-refractivity contribution is 5.94. The van der Waals surface area contributed by atoms with E-state index in [1.165, 1.54) is 13.8 Å². The number of para-hydroxylation sites is 1. The lowest BCUT2D eigenvalue weighted by molar-refractivity contribution is -0.142. The SMILES string of the molecule is CC(NC(=O)C(N)CCC(N)=O)C(=O)NC(C)C(=O)NC(Cc1c[nH]c2ccccc12)C(=O)O. The molecule has 0 fully saturated rings. The van der Waals surface area contributed by atoms with E-state index in [0.717, 1.165) is 16.5 Å². The lowest BCUT2D eigenvalue weighted by Gasteiger charge is -2.21. The summed E-state index contributed by atoms with van der Waals surface area (Å²) in [5, 5.41) is 17.7. The van der Waals surface area contributed by atoms with Gasteiger partial charge in [-0.1, -0.05) is 18.2 Å². The van der Waals surface area contributed by atoms with Crippen molar-refractivity contribution in [2.24, 2.45) is 11.5 Å². The smallest absolute Gasteiger partial charge is 0.326 e. The number of carbonyl (C=O) groups is 5. The number of aromatic amines is 1. The number of H-pyrrole nitrogens is 1. The second-order valence-electron chi connectivity index (χ2n) is 8.04. The van der Waals surface area contributed by atoms with Crippen molar-refractivity contribution in [2.75, 3.05) is 0 Å². The van der Waals surface area contributed by atoms with Crippen molar-refractivity contribution in [1.29, 1.82) is 0 Å². The van der Waals surface area contributed by atoms with E-state index in [9.17, 15) is 29.1 Å². The molecule has 184 valence electrons. The average Bonchev–Trinajstić information content (AvgIpc) is 3.19. The number of rotatable bonds is 12. The summed E-state index contributed by atoms with van der Waals surface area (Å²) >= 11 is 0. The Kier molecular flexibility index (Phi) is 9.13.